The molecule has 37 heavy (non-hydrogen) atoms. The molecule has 1 aliphatic heterocycles. The van der Waals surface area contributed by atoms with Crippen molar-refractivity contribution in [3.8, 4) is 22.5 Å². The number of carbonyl (C=O) groups is 1. The molecule has 192 valence electrons. The summed E-state index contributed by atoms with van der Waals surface area (Å²) in [4.78, 5) is 27.9. The van der Waals surface area contributed by atoms with Crippen LogP contribution in [0.4, 0.5) is 19.0 Å². The van der Waals surface area contributed by atoms with Gasteiger partial charge >= 0.3 is 12.1 Å². The number of ether oxygens (including phenoxy) is 1. The average molecular weight is 510 g/mol. The van der Waals surface area contributed by atoms with Gasteiger partial charge in [0.2, 0.25) is 0 Å². The minimum atomic E-state index is -4.40. The predicted molar refractivity (Wildman–Crippen MR) is 135 cm³/mol. The number of hydrogen-bond acceptors (Lipinski definition) is 6. The quantitative estimate of drug-likeness (QED) is 0.369. The van der Waals surface area contributed by atoms with Crippen molar-refractivity contribution in [2.45, 2.75) is 12.6 Å². The summed E-state index contributed by atoms with van der Waals surface area (Å²) >= 11 is 0. The number of halogens is 3. The predicted octanol–water partition coefficient (Wildman–Crippen LogP) is 5.00. The van der Waals surface area contributed by atoms with Crippen molar-refractivity contribution in [2.75, 3.05) is 44.7 Å². The first kappa shape index (κ1) is 24.8. The number of aromatic nitrogens is 3. The minimum Gasteiger partial charge on any atom is -0.469 e. The van der Waals surface area contributed by atoms with E-state index in [1.807, 2.05) is 42.6 Å². The molecular formula is C27H26F3N5O2. The van der Waals surface area contributed by atoms with Gasteiger partial charge in [-0.3, -0.25) is 9.69 Å². The summed E-state index contributed by atoms with van der Waals surface area (Å²) in [5.74, 6) is 1.23. The Labute approximate surface area is 211 Å². The summed E-state index contributed by atoms with van der Waals surface area (Å²) in [7, 11) is 1.41. The normalized spacial score (nSPS) is 14.8. The Morgan fingerprint density at radius 1 is 0.973 bits per heavy atom. The maximum atomic E-state index is 13.0. The number of nitrogens with zero attached hydrogens (tertiary/aromatic N) is 4. The third-order valence-electron chi connectivity index (χ3n) is 6.60. The molecule has 1 fully saturated rings. The van der Waals surface area contributed by atoms with Gasteiger partial charge in [-0.25, -0.2) is 9.97 Å². The number of fused-ring (bicyclic) bond motifs is 1. The molecule has 0 spiro atoms. The molecule has 0 amide bonds. The molecule has 7 nitrogen and oxygen atoms in total. The van der Waals surface area contributed by atoms with Crippen molar-refractivity contribution in [2.24, 2.45) is 0 Å². The van der Waals surface area contributed by atoms with Crippen molar-refractivity contribution in [1.29, 1.82) is 0 Å². The van der Waals surface area contributed by atoms with Crippen LogP contribution in [0.25, 0.3) is 33.5 Å². The summed E-state index contributed by atoms with van der Waals surface area (Å²) in [6.45, 7) is 4.10. The molecule has 3 heterocycles. The first-order valence-corrected chi connectivity index (χ1v) is 12.0. The molecule has 0 bridgehead atoms. The number of piperazine rings is 1. The SMILES string of the molecule is COC(=O)CCN1CCN(c2ccc(-c3ccc(-c4nc5ccc(C(F)(F)F)cc5[nH]4)cc3)cn2)CC1. The summed E-state index contributed by atoms with van der Waals surface area (Å²) < 4.78 is 43.7. The Hall–Kier alpha value is -3.92. The number of pyridine rings is 1. The van der Waals surface area contributed by atoms with Gasteiger partial charge in [-0.05, 0) is 35.9 Å². The van der Waals surface area contributed by atoms with Gasteiger partial charge in [0.25, 0.3) is 0 Å². The summed E-state index contributed by atoms with van der Waals surface area (Å²) in [6, 6.07) is 15.2. The maximum Gasteiger partial charge on any atom is 0.416 e. The molecule has 0 atom stereocenters. The van der Waals surface area contributed by atoms with E-state index in [1.54, 1.807) is 0 Å². The van der Waals surface area contributed by atoms with Crippen LogP contribution in [0.3, 0.4) is 0 Å². The van der Waals surface area contributed by atoms with Crippen LogP contribution < -0.4 is 4.90 Å². The fraction of sp³-hybridized carbons (Fsp3) is 0.296. The van der Waals surface area contributed by atoms with Gasteiger partial charge < -0.3 is 14.6 Å². The minimum absolute atomic E-state index is 0.190. The number of rotatable bonds is 6. The van der Waals surface area contributed by atoms with E-state index in [0.717, 1.165) is 60.8 Å². The molecule has 1 saturated heterocycles. The van der Waals surface area contributed by atoms with Crippen LogP contribution >= 0.6 is 0 Å². The topological polar surface area (TPSA) is 74.3 Å². The van der Waals surface area contributed by atoms with Gasteiger partial charge in [0.05, 0.1) is 30.1 Å². The van der Waals surface area contributed by atoms with Crippen molar-refractivity contribution in [3.05, 3.63) is 66.4 Å². The van der Waals surface area contributed by atoms with Gasteiger partial charge in [-0.1, -0.05) is 24.3 Å². The lowest BCUT2D eigenvalue weighted by Crippen LogP contribution is -2.47. The van der Waals surface area contributed by atoms with E-state index in [2.05, 4.69) is 24.8 Å². The number of anilines is 1. The summed E-state index contributed by atoms with van der Waals surface area (Å²) in [5, 5.41) is 0. The van der Waals surface area contributed by atoms with Crippen molar-refractivity contribution in [3.63, 3.8) is 0 Å². The first-order valence-electron chi connectivity index (χ1n) is 12.0. The van der Waals surface area contributed by atoms with Crippen LogP contribution in [0.5, 0.6) is 0 Å². The maximum absolute atomic E-state index is 13.0. The number of imidazole rings is 1. The second-order valence-corrected chi connectivity index (χ2v) is 8.95. The Kier molecular flexibility index (Phi) is 6.84. The lowest BCUT2D eigenvalue weighted by molar-refractivity contribution is -0.141. The third-order valence-corrected chi connectivity index (χ3v) is 6.60. The Balaban J connectivity index is 1.23. The number of nitrogens with one attached hydrogen (secondary N) is 1. The van der Waals surface area contributed by atoms with Gasteiger partial charge in [0, 0.05) is 50.0 Å². The number of aromatic amines is 1. The molecule has 1 aliphatic rings. The summed E-state index contributed by atoms with van der Waals surface area (Å²) in [6.07, 6.45) is -2.16. The molecule has 5 rings (SSSR count). The van der Waals surface area contributed by atoms with Gasteiger partial charge in [-0.2, -0.15) is 13.2 Å². The highest BCUT2D eigenvalue weighted by molar-refractivity contribution is 5.80. The molecule has 0 saturated carbocycles. The van der Waals surface area contributed by atoms with E-state index >= 15 is 0 Å². The average Bonchev–Trinajstić information content (AvgIpc) is 3.35. The molecule has 0 radical (unpaired) electrons. The molecule has 1 N–H and O–H groups in total. The fourth-order valence-electron chi connectivity index (χ4n) is 4.44. The molecule has 4 aromatic rings. The molecule has 2 aromatic carbocycles. The van der Waals surface area contributed by atoms with E-state index in [1.165, 1.54) is 13.2 Å². The van der Waals surface area contributed by atoms with E-state index in [4.69, 9.17) is 4.74 Å². The monoisotopic (exact) mass is 509 g/mol. The van der Waals surface area contributed by atoms with E-state index in [9.17, 15) is 18.0 Å². The Morgan fingerprint density at radius 3 is 2.32 bits per heavy atom. The molecule has 10 heteroatoms. The van der Waals surface area contributed by atoms with Crippen LogP contribution in [0.1, 0.15) is 12.0 Å². The van der Waals surface area contributed by atoms with Crippen molar-refractivity contribution < 1.29 is 22.7 Å². The lowest BCUT2D eigenvalue weighted by Gasteiger charge is -2.35. The van der Waals surface area contributed by atoms with Crippen molar-refractivity contribution in [1.82, 2.24) is 19.9 Å². The zero-order valence-corrected chi connectivity index (χ0v) is 20.3. The zero-order valence-electron chi connectivity index (χ0n) is 20.3. The highest BCUT2D eigenvalue weighted by Gasteiger charge is 2.30. The number of alkyl halides is 3. The van der Waals surface area contributed by atoms with Crippen LogP contribution in [0, 0.1) is 0 Å². The number of benzene rings is 2. The molecule has 0 unspecified atom stereocenters. The van der Waals surface area contributed by atoms with Gasteiger partial charge in [0.1, 0.15) is 11.6 Å². The molecular weight excluding hydrogens is 483 g/mol. The Morgan fingerprint density at radius 2 is 1.68 bits per heavy atom. The van der Waals surface area contributed by atoms with Crippen LogP contribution in [0.2, 0.25) is 0 Å². The van der Waals surface area contributed by atoms with Crippen LogP contribution in [0.15, 0.2) is 60.8 Å². The van der Waals surface area contributed by atoms with Crippen LogP contribution in [-0.2, 0) is 15.7 Å². The highest BCUT2D eigenvalue weighted by atomic mass is 19.4. The number of H-pyrrole nitrogens is 1. The lowest BCUT2D eigenvalue weighted by atomic mass is 10.1. The largest absolute Gasteiger partial charge is 0.469 e. The second kappa shape index (κ2) is 10.2. The number of esters is 1. The number of hydrogen-bond donors (Lipinski definition) is 1. The number of carbonyl (C=O) groups excluding carboxylic acids is 1. The zero-order chi connectivity index (χ0) is 26.0. The highest BCUT2D eigenvalue weighted by Crippen LogP contribution is 2.32. The smallest absolute Gasteiger partial charge is 0.416 e. The number of methoxy groups -OCH3 is 1. The van der Waals surface area contributed by atoms with Crippen LogP contribution in [-0.4, -0.2) is 65.7 Å². The van der Waals surface area contributed by atoms with E-state index < -0.39 is 11.7 Å². The fourth-order valence-corrected chi connectivity index (χ4v) is 4.44. The van der Waals surface area contributed by atoms with Gasteiger partial charge in [0.15, 0.2) is 0 Å². The summed E-state index contributed by atoms with van der Waals surface area (Å²) in [5.41, 5.74) is 2.84. The van der Waals surface area contributed by atoms with E-state index in [-0.39, 0.29) is 5.97 Å². The van der Waals surface area contributed by atoms with Crippen molar-refractivity contribution >= 4 is 22.8 Å². The third kappa shape index (κ3) is 5.59. The van der Waals surface area contributed by atoms with Gasteiger partial charge in [-0.15, -0.1) is 0 Å². The molecule has 2 aromatic heterocycles. The Bertz CT molecular complexity index is 1380. The first-order chi connectivity index (χ1) is 17.8. The second-order valence-electron chi connectivity index (χ2n) is 8.95. The van der Waals surface area contributed by atoms with E-state index in [0.29, 0.717) is 29.8 Å². The molecule has 0 aliphatic carbocycles. The standard InChI is InChI=1S/C27H26F3N5O2/c1-37-25(36)10-11-34-12-14-35(15-13-34)24-9-6-20(17-31-24)18-2-4-19(5-3-18)26-32-22-8-7-21(27(28,29)30)16-23(22)33-26/h2-9,16-17H,10-15H2,1H3,(H,32,33).